The van der Waals surface area contributed by atoms with Crippen LogP contribution in [0.2, 0.25) is 0 Å². The first-order valence-corrected chi connectivity index (χ1v) is 14.5. The van der Waals surface area contributed by atoms with Gasteiger partial charge in [-0.15, -0.1) is 0 Å². The largest absolute Gasteiger partial charge is 0.351 e. The van der Waals surface area contributed by atoms with Crippen LogP contribution < -0.4 is 5.73 Å². The predicted octanol–water partition coefficient (Wildman–Crippen LogP) is 5.68. The first-order chi connectivity index (χ1) is 20.1. The summed E-state index contributed by atoms with van der Waals surface area (Å²) < 4.78 is 1.52. The molecule has 6 rings (SSSR count). The van der Waals surface area contributed by atoms with E-state index < -0.39 is 6.03 Å². The highest BCUT2D eigenvalue weighted by Gasteiger charge is 2.33. The summed E-state index contributed by atoms with van der Waals surface area (Å²) in [4.78, 5) is 44.3. The van der Waals surface area contributed by atoms with Gasteiger partial charge in [-0.25, -0.2) is 4.79 Å². The lowest BCUT2D eigenvalue weighted by Gasteiger charge is -2.35. The van der Waals surface area contributed by atoms with Crippen LogP contribution in [0, 0.1) is 20.8 Å². The fraction of sp³-hybridized carbons (Fsp3) is 0.286. The summed E-state index contributed by atoms with van der Waals surface area (Å²) in [7, 11) is 0. The van der Waals surface area contributed by atoms with Crippen molar-refractivity contribution in [2.24, 2.45) is 5.73 Å². The van der Waals surface area contributed by atoms with Gasteiger partial charge in [0.25, 0.3) is 5.91 Å². The van der Waals surface area contributed by atoms with E-state index in [1.165, 1.54) is 10.1 Å². The number of carbonyl (C=O) groups excluding carboxylic acids is 3. The molecule has 3 heterocycles. The van der Waals surface area contributed by atoms with Crippen molar-refractivity contribution in [2.45, 2.75) is 66.2 Å². The molecule has 7 nitrogen and oxygen atoms in total. The number of nitrogens with two attached hydrogens (primary N) is 1. The van der Waals surface area contributed by atoms with Crippen molar-refractivity contribution >= 4 is 17.8 Å². The maximum atomic E-state index is 14.5. The normalized spacial score (nSPS) is 15.9. The minimum Gasteiger partial charge on any atom is -0.351 e. The minimum absolute atomic E-state index is 0.00458. The van der Waals surface area contributed by atoms with Crippen LogP contribution in [0.25, 0.3) is 11.3 Å². The van der Waals surface area contributed by atoms with Crippen molar-refractivity contribution in [3.05, 3.63) is 117 Å². The molecule has 0 saturated heterocycles. The third kappa shape index (κ3) is 4.69. The number of nitrogens with zero attached hydrogens (tertiary/aromatic N) is 3. The molecule has 3 aromatic carbocycles. The van der Waals surface area contributed by atoms with E-state index >= 15 is 0 Å². The number of aromatic nitrogens is 1. The molecule has 2 N–H and O–H groups in total. The highest BCUT2D eigenvalue weighted by atomic mass is 16.2. The van der Waals surface area contributed by atoms with E-state index in [0.29, 0.717) is 42.9 Å². The topological polar surface area (TPSA) is 88.6 Å². The average molecular weight is 561 g/mol. The van der Waals surface area contributed by atoms with Gasteiger partial charge >= 0.3 is 6.03 Å². The van der Waals surface area contributed by atoms with Gasteiger partial charge in [0, 0.05) is 42.5 Å². The number of fused-ring (bicyclic) bond motifs is 2. The minimum atomic E-state index is -0.586. The van der Waals surface area contributed by atoms with Gasteiger partial charge < -0.3 is 15.5 Å². The van der Waals surface area contributed by atoms with Crippen molar-refractivity contribution < 1.29 is 14.4 Å². The molecule has 3 amide bonds. The van der Waals surface area contributed by atoms with Crippen LogP contribution >= 0.6 is 0 Å². The van der Waals surface area contributed by atoms with Gasteiger partial charge in [-0.05, 0) is 85.2 Å². The first-order valence-electron chi connectivity index (χ1n) is 14.5. The molecule has 0 aliphatic carbocycles. The number of benzene rings is 3. The second kappa shape index (κ2) is 10.6. The van der Waals surface area contributed by atoms with Crippen LogP contribution in [0.5, 0.6) is 0 Å². The van der Waals surface area contributed by atoms with E-state index in [1.807, 2.05) is 85.2 Å². The Morgan fingerprint density at radius 3 is 2.14 bits per heavy atom. The molecule has 0 unspecified atom stereocenters. The van der Waals surface area contributed by atoms with Crippen LogP contribution in [0.3, 0.4) is 0 Å². The smallest absolute Gasteiger partial charge is 0.323 e. The standard InChI is InChI=1S/C35H36N4O3/c1-21-14-26-12-8-9-13-27(26)20-38(21)34(41)31-17-29-19-37(32(40)15-25-10-6-5-7-11-25)18-28(29)16-30(31)33-23(3)22(2)24(4)39(33)35(36)42/h5-13,16-17,21H,14-15,18-20H2,1-4H3,(H2,36,42)/t21-/m1/s1. The zero-order valence-electron chi connectivity index (χ0n) is 24.6. The lowest BCUT2D eigenvalue weighted by molar-refractivity contribution is -0.131. The summed E-state index contributed by atoms with van der Waals surface area (Å²) >= 11 is 0. The van der Waals surface area contributed by atoms with Crippen LogP contribution in [-0.4, -0.2) is 38.3 Å². The molecule has 2 aliphatic heterocycles. The Morgan fingerprint density at radius 1 is 0.810 bits per heavy atom. The van der Waals surface area contributed by atoms with Gasteiger partial charge in [0.05, 0.1) is 12.1 Å². The Bertz CT molecular complexity index is 1740. The summed E-state index contributed by atoms with van der Waals surface area (Å²) in [5.74, 6) is -0.0488. The second-order valence-electron chi connectivity index (χ2n) is 11.7. The van der Waals surface area contributed by atoms with E-state index in [1.54, 1.807) is 0 Å². The van der Waals surface area contributed by atoms with Gasteiger partial charge in [0.2, 0.25) is 5.91 Å². The van der Waals surface area contributed by atoms with Crippen molar-refractivity contribution in [2.75, 3.05) is 0 Å². The maximum absolute atomic E-state index is 14.5. The van der Waals surface area contributed by atoms with Crippen LogP contribution in [-0.2, 0) is 37.3 Å². The van der Waals surface area contributed by atoms with Crippen LogP contribution in [0.1, 0.15) is 61.9 Å². The summed E-state index contributed by atoms with van der Waals surface area (Å²) in [6.45, 7) is 9.29. The van der Waals surface area contributed by atoms with Crippen LogP contribution in [0.4, 0.5) is 4.79 Å². The number of amides is 3. The molecule has 0 fully saturated rings. The Labute approximate surface area is 246 Å². The van der Waals surface area contributed by atoms with Gasteiger partial charge in [-0.3, -0.25) is 14.2 Å². The van der Waals surface area contributed by atoms with Crippen LogP contribution in [0.15, 0.2) is 66.7 Å². The molecule has 214 valence electrons. The van der Waals surface area contributed by atoms with E-state index in [4.69, 9.17) is 5.73 Å². The molecule has 4 aromatic rings. The predicted molar refractivity (Wildman–Crippen MR) is 163 cm³/mol. The summed E-state index contributed by atoms with van der Waals surface area (Å²) in [5, 5.41) is 0. The highest BCUT2D eigenvalue weighted by molar-refractivity contribution is 6.03. The number of rotatable bonds is 4. The molecule has 0 saturated carbocycles. The fourth-order valence-electron chi connectivity index (χ4n) is 6.54. The average Bonchev–Trinajstić information content (AvgIpc) is 3.50. The second-order valence-corrected chi connectivity index (χ2v) is 11.7. The molecule has 2 aliphatic rings. The Hall–Kier alpha value is -4.65. The SMILES string of the molecule is Cc1c(C)c(-c2cc3c(cc2C(=O)N2Cc4ccccc4C[C@H]2C)CN(C(=O)Cc2ccccc2)C3)n(C(N)=O)c1C. The monoisotopic (exact) mass is 560 g/mol. The van der Waals surface area contributed by atoms with E-state index in [0.717, 1.165) is 45.5 Å². The Kier molecular flexibility index (Phi) is 6.97. The van der Waals surface area contributed by atoms with Crippen molar-refractivity contribution in [1.29, 1.82) is 0 Å². The third-order valence-corrected chi connectivity index (χ3v) is 9.11. The van der Waals surface area contributed by atoms with E-state index in [2.05, 4.69) is 19.1 Å². The van der Waals surface area contributed by atoms with Gasteiger partial charge in [0.1, 0.15) is 0 Å². The number of primary amides is 1. The zero-order valence-corrected chi connectivity index (χ0v) is 24.6. The van der Waals surface area contributed by atoms with Crippen molar-refractivity contribution in [1.82, 2.24) is 14.4 Å². The quantitative estimate of drug-likeness (QED) is 0.348. The molecule has 1 atom stereocenters. The molecule has 1 aromatic heterocycles. The molecule has 7 heteroatoms. The van der Waals surface area contributed by atoms with Gasteiger partial charge in [-0.1, -0.05) is 54.6 Å². The lowest BCUT2D eigenvalue weighted by Crippen LogP contribution is -2.42. The van der Waals surface area contributed by atoms with Gasteiger partial charge in [0.15, 0.2) is 0 Å². The zero-order chi connectivity index (χ0) is 29.7. The molecule has 0 radical (unpaired) electrons. The Balaban J connectivity index is 1.44. The lowest BCUT2D eigenvalue weighted by atomic mass is 9.91. The molecular weight excluding hydrogens is 524 g/mol. The summed E-state index contributed by atoms with van der Waals surface area (Å²) in [6.07, 6.45) is 1.10. The summed E-state index contributed by atoms with van der Waals surface area (Å²) in [5.41, 5.74) is 15.7. The molecule has 42 heavy (non-hydrogen) atoms. The molecular formula is C35H36N4O3. The number of hydrogen-bond acceptors (Lipinski definition) is 3. The van der Waals surface area contributed by atoms with Crippen molar-refractivity contribution in [3.63, 3.8) is 0 Å². The van der Waals surface area contributed by atoms with E-state index in [9.17, 15) is 14.4 Å². The molecule has 0 spiro atoms. The highest BCUT2D eigenvalue weighted by Crippen LogP contribution is 2.38. The Morgan fingerprint density at radius 2 is 1.45 bits per heavy atom. The number of carbonyl (C=O) groups is 3. The fourth-order valence-corrected chi connectivity index (χ4v) is 6.54. The van der Waals surface area contributed by atoms with E-state index in [-0.39, 0.29) is 17.9 Å². The van der Waals surface area contributed by atoms with Gasteiger partial charge in [-0.2, -0.15) is 0 Å². The molecule has 0 bridgehead atoms. The third-order valence-electron chi connectivity index (χ3n) is 9.11. The number of hydrogen-bond donors (Lipinski definition) is 1. The first kappa shape index (κ1) is 27.5. The summed E-state index contributed by atoms with van der Waals surface area (Å²) in [6, 6.07) is 21.3. The van der Waals surface area contributed by atoms with Crippen molar-refractivity contribution in [3.8, 4) is 11.3 Å². The maximum Gasteiger partial charge on any atom is 0.323 e.